The molecule has 0 saturated carbocycles. The smallest absolute Gasteiger partial charge is 0.175 e. The lowest BCUT2D eigenvalue weighted by Gasteiger charge is -2.29. The molecule has 0 bridgehead atoms. The normalized spacial score (nSPS) is 22.7. The molecule has 0 heterocycles. The van der Waals surface area contributed by atoms with Crippen molar-refractivity contribution < 1.29 is 19.8 Å². The minimum atomic E-state index is -0.614. The Kier molecular flexibility index (Phi) is 2.51. The molecule has 4 rings (SSSR count). The van der Waals surface area contributed by atoms with Gasteiger partial charge in [-0.25, -0.2) is 0 Å². The molecule has 0 radical (unpaired) electrons. The van der Waals surface area contributed by atoms with Gasteiger partial charge in [0.2, 0.25) is 0 Å². The number of phenolic OH excluding ortho intramolecular Hbond substituents is 2. The Balaban J connectivity index is 2.12. The van der Waals surface area contributed by atoms with Crippen LogP contribution in [0.25, 0.3) is 10.8 Å². The fourth-order valence-electron chi connectivity index (χ4n) is 3.32. The topological polar surface area (TPSA) is 74.6 Å². The molecule has 2 aliphatic rings. The number of carbonyl (C=O) groups is 2. The van der Waals surface area contributed by atoms with Crippen LogP contribution < -0.4 is 0 Å². The van der Waals surface area contributed by atoms with Crippen molar-refractivity contribution >= 4 is 22.3 Å². The van der Waals surface area contributed by atoms with Crippen LogP contribution in [0.15, 0.2) is 48.6 Å². The van der Waals surface area contributed by atoms with Crippen LogP contribution >= 0.6 is 0 Å². The van der Waals surface area contributed by atoms with Crippen LogP contribution in [0.2, 0.25) is 0 Å². The van der Waals surface area contributed by atoms with Crippen molar-refractivity contribution in [2.45, 2.75) is 0 Å². The monoisotopic (exact) mass is 292 g/mol. The highest BCUT2D eigenvalue weighted by Crippen LogP contribution is 2.46. The molecule has 2 aromatic carbocycles. The minimum absolute atomic E-state index is 0.0672. The summed E-state index contributed by atoms with van der Waals surface area (Å²) >= 11 is 0. The molecule has 2 atom stereocenters. The van der Waals surface area contributed by atoms with Crippen LogP contribution in [0, 0.1) is 11.8 Å². The summed E-state index contributed by atoms with van der Waals surface area (Å²) in [7, 11) is 0. The molecule has 0 aromatic heterocycles. The predicted octanol–water partition coefficient (Wildman–Crippen LogP) is 2.99. The van der Waals surface area contributed by atoms with Gasteiger partial charge in [-0.15, -0.1) is 0 Å². The van der Waals surface area contributed by atoms with E-state index in [4.69, 9.17) is 0 Å². The minimum Gasteiger partial charge on any atom is -0.507 e. The summed E-state index contributed by atoms with van der Waals surface area (Å²) in [6, 6.07) is 6.64. The highest BCUT2D eigenvalue weighted by atomic mass is 16.3. The largest absolute Gasteiger partial charge is 0.507 e. The van der Waals surface area contributed by atoms with Gasteiger partial charge < -0.3 is 10.2 Å². The van der Waals surface area contributed by atoms with Crippen molar-refractivity contribution in [3.63, 3.8) is 0 Å². The summed E-state index contributed by atoms with van der Waals surface area (Å²) in [5.41, 5.74) is -0.134. The highest BCUT2D eigenvalue weighted by molar-refractivity contribution is 6.23. The SMILES string of the molecule is O=C1c2c(c(O)c3ccccc3c2O)C(=O)C2C=CC=CC12. The number of Topliss-reactive ketones (excluding diaryl/α,β-unsaturated/α-hetero) is 2. The third-order valence-corrected chi connectivity index (χ3v) is 4.39. The number of rotatable bonds is 0. The van der Waals surface area contributed by atoms with Gasteiger partial charge in [-0.05, 0) is 0 Å². The molecule has 0 amide bonds. The number of fused-ring (bicyclic) bond motifs is 3. The molecule has 0 aliphatic heterocycles. The average Bonchev–Trinajstić information content (AvgIpc) is 2.56. The summed E-state index contributed by atoms with van der Waals surface area (Å²) in [6.45, 7) is 0. The van der Waals surface area contributed by atoms with Gasteiger partial charge in [-0.3, -0.25) is 9.59 Å². The van der Waals surface area contributed by atoms with E-state index in [1.807, 2.05) is 0 Å². The number of hydrogen-bond acceptors (Lipinski definition) is 4. The van der Waals surface area contributed by atoms with Crippen LogP contribution in [0.1, 0.15) is 20.7 Å². The van der Waals surface area contributed by atoms with Crippen LogP contribution in [0.3, 0.4) is 0 Å². The molecule has 2 unspecified atom stereocenters. The van der Waals surface area contributed by atoms with Crippen molar-refractivity contribution in [2.24, 2.45) is 11.8 Å². The maximum atomic E-state index is 12.7. The van der Waals surface area contributed by atoms with Crippen LogP contribution in [-0.4, -0.2) is 21.8 Å². The van der Waals surface area contributed by atoms with Gasteiger partial charge in [0.15, 0.2) is 11.6 Å². The van der Waals surface area contributed by atoms with Gasteiger partial charge in [-0.1, -0.05) is 48.6 Å². The van der Waals surface area contributed by atoms with E-state index in [1.165, 1.54) is 0 Å². The average molecular weight is 292 g/mol. The number of allylic oxidation sites excluding steroid dienone is 4. The third kappa shape index (κ3) is 1.46. The molecule has 0 fully saturated rings. The second-order valence-corrected chi connectivity index (χ2v) is 5.54. The van der Waals surface area contributed by atoms with Gasteiger partial charge in [0.05, 0.1) is 23.0 Å². The Morgan fingerprint density at radius 2 is 1.14 bits per heavy atom. The summed E-state index contributed by atoms with van der Waals surface area (Å²) in [5, 5.41) is 21.7. The lowest BCUT2D eigenvalue weighted by Crippen LogP contribution is -2.35. The first-order chi connectivity index (χ1) is 10.6. The molecule has 2 N–H and O–H groups in total. The number of benzene rings is 2. The van der Waals surface area contributed by atoms with E-state index in [2.05, 4.69) is 0 Å². The number of hydrogen-bond donors (Lipinski definition) is 2. The summed E-state index contributed by atoms with van der Waals surface area (Å²) in [5.74, 6) is -2.36. The molecule has 4 heteroatoms. The third-order valence-electron chi connectivity index (χ3n) is 4.39. The van der Waals surface area contributed by atoms with E-state index in [9.17, 15) is 19.8 Å². The number of carbonyl (C=O) groups excluding carboxylic acids is 2. The summed E-state index contributed by atoms with van der Waals surface area (Å²) in [4.78, 5) is 25.4. The number of phenols is 2. The Labute approximate surface area is 126 Å². The van der Waals surface area contributed by atoms with Gasteiger partial charge >= 0.3 is 0 Å². The van der Waals surface area contributed by atoms with Crippen LogP contribution in [0.5, 0.6) is 11.5 Å². The molecular formula is C18H12O4. The Morgan fingerprint density at radius 1 is 0.727 bits per heavy atom. The van der Waals surface area contributed by atoms with Gasteiger partial charge in [0, 0.05) is 10.8 Å². The van der Waals surface area contributed by atoms with E-state index in [-0.39, 0.29) is 34.2 Å². The second-order valence-electron chi connectivity index (χ2n) is 5.54. The zero-order valence-electron chi connectivity index (χ0n) is 11.5. The molecular weight excluding hydrogens is 280 g/mol. The Morgan fingerprint density at radius 3 is 1.55 bits per heavy atom. The van der Waals surface area contributed by atoms with Gasteiger partial charge in [-0.2, -0.15) is 0 Å². The van der Waals surface area contributed by atoms with Crippen molar-refractivity contribution in [3.8, 4) is 11.5 Å². The fourth-order valence-corrected chi connectivity index (χ4v) is 3.32. The first-order valence-electron chi connectivity index (χ1n) is 7.01. The van der Waals surface area contributed by atoms with Crippen molar-refractivity contribution in [3.05, 3.63) is 59.7 Å². The quantitative estimate of drug-likeness (QED) is 0.732. The van der Waals surface area contributed by atoms with E-state index in [0.717, 1.165) is 0 Å². The number of aromatic hydroxyl groups is 2. The first kappa shape index (κ1) is 12.8. The maximum Gasteiger partial charge on any atom is 0.175 e. The predicted molar refractivity (Wildman–Crippen MR) is 81.2 cm³/mol. The van der Waals surface area contributed by atoms with Crippen molar-refractivity contribution in [1.29, 1.82) is 0 Å². The molecule has 4 nitrogen and oxygen atoms in total. The lowest BCUT2D eigenvalue weighted by molar-refractivity contribution is 0.0796. The zero-order chi connectivity index (χ0) is 15.4. The van der Waals surface area contributed by atoms with E-state index in [0.29, 0.717) is 10.8 Å². The van der Waals surface area contributed by atoms with Crippen molar-refractivity contribution in [1.82, 2.24) is 0 Å². The van der Waals surface area contributed by atoms with Crippen LogP contribution in [-0.2, 0) is 0 Å². The van der Waals surface area contributed by atoms with Crippen molar-refractivity contribution in [2.75, 3.05) is 0 Å². The lowest BCUT2D eigenvalue weighted by atomic mass is 9.71. The van der Waals surface area contributed by atoms with Gasteiger partial charge in [0.1, 0.15) is 11.5 Å². The van der Waals surface area contributed by atoms with Gasteiger partial charge in [0.25, 0.3) is 0 Å². The molecule has 0 spiro atoms. The van der Waals surface area contributed by atoms with E-state index < -0.39 is 11.8 Å². The standard InChI is InChI=1S/C18H12O4/c19-15-9-5-1-2-6-10(9)16(20)14-13(15)17(21)11-7-3-4-8-12(11)18(14)22/h1-10,21-22H. The number of ketones is 2. The molecule has 108 valence electrons. The highest BCUT2D eigenvalue weighted by Gasteiger charge is 2.43. The van der Waals surface area contributed by atoms with Crippen LogP contribution in [0.4, 0.5) is 0 Å². The zero-order valence-corrected chi connectivity index (χ0v) is 11.5. The summed E-state index contributed by atoms with van der Waals surface area (Å²) < 4.78 is 0. The Hall–Kier alpha value is -2.88. The molecule has 2 aromatic rings. The fraction of sp³-hybridized carbons (Fsp3) is 0.111. The maximum absolute atomic E-state index is 12.7. The molecule has 0 saturated heterocycles. The second kappa shape index (κ2) is 4.31. The first-order valence-corrected chi connectivity index (χ1v) is 7.01. The summed E-state index contributed by atoms with van der Waals surface area (Å²) in [6.07, 6.45) is 6.77. The van der Waals surface area contributed by atoms with E-state index in [1.54, 1.807) is 48.6 Å². The Bertz CT molecular complexity index is 830. The molecule has 2 aliphatic carbocycles. The van der Waals surface area contributed by atoms with E-state index >= 15 is 0 Å². The molecule has 22 heavy (non-hydrogen) atoms.